The number of anilines is 1. The van der Waals surface area contributed by atoms with Crippen molar-refractivity contribution in [3.05, 3.63) is 33.1 Å². The Morgan fingerprint density at radius 1 is 1.50 bits per heavy atom. The van der Waals surface area contributed by atoms with Crippen LogP contribution in [0.4, 0.5) is 5.82 Å². The van der Waals surface area contributed by atoms with E-state index in [1.807, 2.05) is 14.0 Å². The quantitative estimate of drug-likeness (QED) is 0.844. The van der Waals surface area contributed by atoms with E-state index >= 15 is 0 Å². The Labute approximate surface area is 116 Å². The van der Waals surface area contributed by atoms with Gasteiger partial charge in [0.1, 0.15) is 10.8 Å². The predicted molar refractivity (Wildman–Crippen MR) is 80.2 cm³/mol. The summed E-state index contributed by atoms with van der Waals surface area (Å²) < 4.78 is 1.78. The Kier molecular flexibility index (Phi) is 3.68. The van der Waals surface area contributed by atoms with Crippen molar-refractivity contribution in [2.45, 2.75) is 20.4 Å². The van der Waals surface area contributed by atoms with Crippen molar-refractivity contribution < 1.29 is 0 Å². The summed E-state index contributed by atoms with van der Waals surface area (Å²) in [5.41, 5.74) is 10.0. The molecule has 4 nitrogen and oxygen atoms in total. The highest BCUT2D eigenvalue weighted by Crippen LogP contribution is 2.21. The zero-order chi connectivity index (χ0) is 13.3. The number of thiophene rings is 1. The van der Waals surface area contributed by atoms with E-state index in [-0.39, 0.29) is 0 Å². The number of hydrogen-bond acceptors (Lipinski definition) is 4. The molecule has 0 fully saturated rings. The Morgan fingerprint density at radius 2 is 2.22 bits per heavy atom. The van der Waals surface area contributed by atoms with Crippen LogP contribution in [0.3, 0.4) is 0 Å². The lowest BCUT2D eigenvalue weighted by Crippen LogP contribution is -2.14. The monoisotopic (exact) mass is 280 g/mol. The van der Waals surface area contributed by atoms with Gasteiger partial charge in [-0.1, -0.05) is 12.2 Å². The molecule has 0 saturated carbocycles. The van der Waals surface area contributed by atoms with Gasteiger partial charge < -0.3 is 11.1 Å². The molecule has 96 valence electrons. The van der Waals surface area contributed by atoms with Crippen LogP contribution >= 0.6 is 23.6 Å². The third-order valence-electron chi connectivity index (χ3n) is 2.88. The van der Waals surface area contributed by atoms with Crippen LogP contribution < -0.4 is 11.1 Å². The molecular formula is C12H16N4S2. The molecule has 6 heteroatoms. The van der Waals surface area contributed by atoms with Crippen molar-refractivity contribution in [3.63, 3.8) is 0 Å². The minimum absolute atomic E-state index is 0.380. The van der Waals surface area contributed by atoms with Crippen LogP contribution in [0.1, 0.15) is 22.4 Å². The average molecular weight is 280 g/mol. The van der Waals surface area contributed by atoms with Gasteiger partial charge in [0, 0.05) is 13.6 Å². The highest BCUT2D eigenvalue weighted by atomic mass is 32.1. The topological polar surface area (TPSA) is 55.9 Å². The third-order valence-corrected chi connectivity index (χ3v) is 3.99. The molecule has 0 atom stereocenters. The van der Waals surface area contributed by atoms with Crippen molar-refractivity contribution >= 4 is 34.4 Å². The lowest BCUT2D eigenvalue weighted by molar-refractivity contribution is 0.758. The van der Waals surface area contributed by atoms with Gasteiger partial charge in [-0.05, 0) is 35.7 Å². The van der Waals surface area contributed by atoms with Gasteiger partial charge in [0.2, 0.25) is 0 Å². The maximum Gasteiger partial charge on any atom is 0.134 e. The fraction of sp³-hybridized carbons (Fsp3) is 0.333. The number of thiocarbonyl (C=S) groups is 1. The first kappa shape index (κ1) is 13.0. The smallest absolute Gasteiger partial charge is 0.134 e. The molecule has 18 heavy (non-hydrogen) atoms. The van der Waals surface area contributed by atoms with E-state index in [2.05, 4.69) is 28.1 Å². The number of aromatic nitrogens is 2. The van der Waals surface area contributed by atoms with Gasteiger partial charge in [-0.25, -0.2) is 0 Å². The van der Waals surface area contributed by atoms with E-state index in [9.17, 15) is 0 Å². The van der Waals surface area contributed by atoms with Crippen molar-refractivity contribution in [1.29, 1.82) is 0 Å². The maximum atomic E-state index is 5.75. The van der Waals surface area contributed by atoms with Gasteiger partial charge in [0.25, 0.3) is 0 Å². The summed E-state index contributed by atoms with van der Waals surface area (Å²) >= 11 is 6.79. The minimum Gasteiger partial charge on any atom is -0.389 e. The SMILES string of the molecule is Cc1cscc1CNc1c(C(N)=S)c(C)nn1C. The third kappa shape index (κ3) is 2.39. The van der Waals surface area contributed by atoms with E-state index in [1.54, 1.807) is 16.0 Å². The van der Waals surface area contributed by atoms with Crippen LogP contribution in [0, 0.1) is 13.8 Å². The van der Waals surface area contributed by atoms with Crippen LogP contribution in [0.25, 0.3) is 0 Å². The fourth-order valence-corrected chi connectivity index (χ4v) is 3.00. The second kappa shape index (κ2) is 5.07. The Hall–Kier alpha value is -1.40. The van der Waals surface area contributed by atoms with E-state index < -0.39 is 0 Å². The van der Waals surface area contributed by atoms with Crippen LogP contribution in [0.15, 0.2) is 10.8 Å². The number of hydrogen-bond donors (Lipinski definition) is 2. The molecule has 3 N–H and O–H groups in total. The molecule has 0 unspecified atom stereocenters. The summed E-state index contributed by atoms with van der Waals surface area (Å²) in [5.74, 6) is 0.880. The molecule has 0 saturated heterocycles. The van der Waals surface area contributed by atoms with E-state index in [0.717, 1.165) is 23.6 Å². The van der Waals surface area contributed by atoms with Gasteiger partial charge in [0.05, 0.1) is 11.3 Å². The predicted octanol–water partition coefficient (Wildman–Crippen LogP) is 2.34. The van der Waals surface area contributed by atoms with E-state index in [1.165, 1.54) is 11.1 Å². The zero-order valence-corrected chi connectivity index (χ0v) is 12.3. The summed E-state index contributed by atoms with van der Waals surface area (Å²) in [6.07, 6.45) is 0. The largest absolute Gasteiger partial charge is 0.389 e. The molecule has 0 aliphatic rings. The van der Waals surface area contributed by atoms with Crippen molar-refractivity contribution in [2.24, 2.45) is 12.8 Å². The normalized spacial score (nSPS) is 10.6. The van der Waals surface area contributed by atoms with Gasteiger partial charge in [0.15, 0.2) is 0 Å². The number of aryl methyl sites for hydroxylation is 3. The van der Waals surface area contributed by atoms with Gasteiger partial charge in [-0.3, -0.25) is 4.68 Å². The molecule has 2 aromatic heterocycles. The minimum atomic E-state index is 0.380. The van der Waals surface area contributed by atoms with Crippen LogP contribution in [-0.4, -0.2) is 14.8 Å². The Bertz CT molecular complexity index is 583. The average Bonchev–Trinajstić information content (AvgIpc) is 2.79. The molecule has 0 aliphatic heterocycles. The molecule has 2 rings (SSSR count). The number of nitrogens with zero attached hydrogens (tertiary/aromatic N) is 2. The van der Waals surface area contributed by atoms with E-state index in [0.29, 0.717) is 4.99 Å². The standard InChI is InChI=1S/C12H16N4S2/c1-7-5-18-6-9(7)4-14-12-10(11(13)17)8(2)15-16(12)3/h5-6,14H,4H2,1-3H3,(H2,13,17). The van der Waals surface area contributed by atoms with Gasteiger partial charge >= 0.3 is 0 Å². The van der Waals surface area contributed by atoms with Crippen molar-refractivity contribution in [2.75, 3.05) is 5.32 Å². The summed E-state index contributed by atoms with van der Waals surface area (Å²) in [6, 6.07) is 0. The first-order chi connectivity index (χ1) is 8.50. The molecule has 0 aromatic carbocycles. The van der Waals surface area contributed by atoms with E-state index in [4.69, 9.17) is 18.0 Å². The van der Waals surface area contributed by atoms with Crippen LogP contribution in [-0.2, 0) is 13.6 Å². The summed E-state index contributed by atoms with van der Waals surface area (Å²) in [4.78, 5) is 0.380. The van der Waals surface area contributed by atoms with Gasteiger partial charge in [-0.2, -0.15) is 16.4 Å². The number of rotatable bonds is 4. The molecule has 0 amide bonds. The van der Waals surface area contributed by atoms with Gasteiger partial charge in [-0.15, -0.1) is 0 Å². The lowest BCUT2D eigenvalue weighted by atomic mass is 10.2. The highest BCUT2D eigenvalue weighted by molar-refractivity contribution is 7.80. The molecule has 2 heterocycles. The first-order valence-electron chi connectivity index (χ1n) is 5.59. The molecule has 0 radical (unpaired) electrons. The zero-order valence-electron chi connectivity index (χ0n) is 10.7. The second-order valence-electron chi connectivity index (χ2n) is 4.23. The Morgan fingerprint density at radius 3 is 2.78 bits per heavy atom. The lowest BCUT2D eigenvalue weighted by Gasteiger charge is -2.09. The van der Waals surface area contributed by atoms with Crippen LogP contribution in [0.2, 0.25) is 0 Å². The molecule has 2 aromatic rings. The van der Waals surface area contributed by atoms with Crippen molar-refractivity contribution in [1.82, 2.24) is 9.78 Å². The molecule has 0 bridgehead atoms. The molecular weight excluding hydrogens is 264 g/mol. The fourth-order valence-electron chi connectivity index (χ4n) is 1.90. The van der Waals surface area contributed by atoms with Crippen LogP contribution in [0.5, 0.6) is 0 Å². The number of nitrogens with one attached hydrogen (secondary N) is 1. The van der Waals surface area contributed by atoms with Crippen molar-refractivity contribution in [3.8, 4) is 0 Å². The molecule has 0 spiro atoms. The number of nitrogens with two attached hydrogens (primary N) is 1. The molecule has 0 aliphatic carbocycles. The maximum absolute atomic E-state index is 5.75. The second-order valence-corrected chi connectivity index (χ2v) is 5.41. The Balaban J connectivity index is 2.24. The summed E-state index contributed by atoms with van der Waals surface area (Å²) in [7, 11) is 1.89. The highest BCUT2D eigenvalue weighted by Gasteiger charge is 2.15. The first-order valence-corrected chi connectivity index (χ1v) is 6.94. The summed E-state index contributed by atoms with van der Waals surface area (Å²) in [6.45, 7) is 4.77. The summed E-state index contributed by atoms with van der Waals surface area (Å²) in [5, 5.41) is 12.0.